The maximum atomic E-state index is 12.6. The van der Waals surface area contributed by atoms with Crippen molar-refractivity contribution in [3.63, 3.8) is 0 Å². The Labute approximate surface area is 172 Å². The monoisotopic (exact) mass is 412 g/mol. The summed E-state index contributed by atoms with van der Waals surface area (Å²) in [6.45, 7) is 0.0146. The number of amides is 1. The number of esters is 1. The standard InChI is InChI=1S/C21H20N2O5S/c1-23(21(25)27-3)17-10-6-4-8-15(17)20(24)28-12-14-13-29-19(22-14)16-9-5-7-11-18(16)26-2/h4-11,13H,12H2,1-3H3. The highest BCUT2D eigenvalue weighted by Crippen LogP contribution is 2.32. The number of benzene rings is 2. The maximum absolute atomic E-state index is 12.6. The molecule has 1 aromatic heterocycles. The van der Waals surface area contributed by atoms with Crippen LogP contribution in [0.3, 0.4) is 0 Å². The van der Waals surface area contributed by atoms with Crippen LogP contribution in [0.15, 0.2) is 53.9 Å². The summed E-state index contributed by atoms with van der Waals surface area (Å²) in [7, 11) is 4.41. The minimum absolute atomic E-state index is 0.0146. The Morgan fingerprint density at radius 1 is 1.07 bits per heavy atom. The smallest absolute Gasteiger partial charge is 0.413 e. The molecule has 0 unspecified atom stereocenters. The van der Waals surface area contributed by atoms with Crippen LogP contribution in [0.5, 0.6) is 5.75 Å². The molecule has 0 saturated carbocycles. The average molecular weight is 412 g/mol. The molecule has 0 bridgehead atoms. The molecule has 0 saturated heterocycles. The van der Waals surface area contributed by atoms with Crippen molar-refractivity contribution in [1.29, 1.82) is 0 Å². The van der Waals surface area contributed by atoms with Crippen molar-refractivity contribution in [3.8, 4) is 16.3 Å². The van der Waals surface area contributed by atoms with Gasteiger partial charge < -0.3 is 14.2 Å². The summed E-state index contributed by atoms with van der Waals surface area (Å²) in [6, 6.07) is 14.3. The van der Waals surface area contributed by atoms with E-state index in [4.69, 9.17) is 14.2 Å². The molecule has 0 aliphatic rings. The zero-order valence-electron chi connectivity index (χ0n) is 16.2. The molecule has 0 fully saturated rings. The molecule has 1 amide bonds. The number of thiazole rings is 1. The normalized spacial score (nSPS) is 10.3. The fourth-order valence-corrected chi connectivity index (χ4v) is 3.54. The second-order valence-electron chi connectivity index (χ2n) is 5.97. The third kappa shape index (κ3) is 4.55. The molecule has 1 heterocycles. The van der Waals surface area contributed by atoms with Crippen LogP contribution in [0.2, 0.25) is 0 Å². The van der Waals surface area contributed by atoms with Gasteiger partial charge in [0.05, 0.1) is 36.7 Å². The van der Waals surface area contributed by atoms with Gasteiger partial charge in [0.1, 0.15) is 17.4 Å². The van der Waals surface area contributed by atoms with Crippen LogP contribution in [-0.2, 0) is 16.1 Å². The molecule has 0 atom stereocenters. The quantitative estimate of drug-likeness (QED) is 0.559. The summed E-state index contributed by atoms with van der Waals surface area (Å²) in [4.78, 5) is 30.2. The summed E-state index contributed by atoms with van der Waals surface area (Å²) >= 11 is 1.44. The van der Waals surface area contributed by atoms with Gasteiger partial charge in [0.25, 0.3) is 0 Å². The van der Waals surface area contributed by atoms with Gasteiger partial charge in [-0.1, -0.05) is 24.3 Å². The van der Waals surface area contributed by atoms with Crippen LogP contribution in [0, 0.1) is 0 Å². The van der Waals surface area contributed by atoms with E-state index in [9.17, 15) is 9.59 Å². The molecule has 8 heteroatoms. The van der Waals surface area contributed by atoms with Gasteiger partial charge in [-0.05, 0) is 24.3 Å². The number of para-hydroxylation sites is 2. The lowest BCUT2D eigenvalue weighted by Crippen LogP contribution is -2.27. The van der Waals surface area contributed by atoms with Crippen LogP contribution in [0.25, 0.3) is 10.6 Å². The van der Waals surface area contributed by atoms with Gasteiger partial charge in [-0.15, -0.1) is 11.3 Å². The lowest BCUT2D eigenvalue weighted by molar-refractivity contribution is 0.0469. The lowest BCUT2D eigenvalue weighted by Gasteiger charge is -2.18. The lowest BCUT2D eigenvalue weighted by atomic mass is 10.1. The third-order valence-electron chi connectivity index (χ3n) is 4.17. The van der Waals surface area contributed by atoms with Crippen molar-refractivity contribution in [1.82, 2.24) is 4.98 Å². The largest absolute Gasteiger partial charge is 0.496 e. The highest BCUT2D eigenvalue weighted by molar-refractivity contribution is 7.13. The Balaban J connectivity index is 1.73. The Bertz CT molecular complexity index is 1020. The number of hydrogen-bond acceptors (Lipinski definition) is 7. The van der Waals surface area contributed by atoms with E-state index in [-0.39, 0.29) is 12.2 Å². The van der Waals surface area contributed by atoms with Crippen molar-refractivity contribution in [3.05, 3.63) is 65.2 Å². The minimum Gasteiger partial charge on any atom is -0.496 e. The first kappa shape index (κ1) is 20.3. The predicted octanol–water partition coefficient (Wildman–Crippen LogP) is 4.38. The van der Waals surface area contributed by atoms with Gasteiger partial charge in [-0.2, -0.15) is 0 Å². The van der Waals surface area contributed by atoms with E-state index in [0.717, 1.165) is 16.3 Å². The summed E-state index contributed by atoms with van der Waals surface area (Å²) in [5, 5.41) is 2.61. The number of nitrogens with zero attached hydrogens (tertiary/aromatic N) is 2. The molecular weight excluding hydrogens is 392 g/mol. The summed E-state index contributed by atoms with van der Waals surface area (Å²) < 4.78 is 15.5. The third-order valence-corrected chi connectivity index (χ3v) is 5.10. The highest BCUT2D eigenvalue weighted by Gasteiger charge is 2.20. The Kier molecular flexibility index (Phi) is 6.46. The minimum atomic E-state index is -0.578. The molecule has 0 radical (unpaired) electrons. The molecule has 3 rings (SSSR count). The molecule has 0 spiro atoms. The van der Waals surface area contributed by atoms with E-state index in [0.29, 0.717) is 11.4 Å². The van der Waals surface area contributed by atoms with E-state index in [1.54, 1.807) is 31.4 Å². The number of aromatic nitrogens is 1. The molecule has 3 aromatic rings. The Morgan fingerprint density at radius 2 is 1.79 bits per heavy atom. The highest BCUT2D eigenvalue weighted by atomic mass is 32.1. The number of ether oxygens (including phenoxy) is 3. The first-order valence-corrected chi connectivity index (χ1v) is 9.58. The van der Waals surface area contributed by atoms with Crippen molar-refractivity contribution >= 4 is 29.1 Å². The van der Waals surface area contributed by atoms with Gasteiger partial charge in [-0.25, -0.2) is 14.6 Å². The zero-order chi connectivity index (χ0) is 20.8. The van der Waals surface area contributed by atoms with Crippen molar-refractivity contribution in [2.45, 2.75) is 6.61 Å². The molecule has 7 nitrogen and oxygen atoms in total. The molecule has 0 N–H and O–H groups in total. The van der Waals surface area contributed by atoms with Crippen LogP contribution < -0.4 is 9.64 Å². The van der Waals surface area contributed by atoms with Crippen LogP contribution in [-0.4, -0.2) is 38.3 Å². The Hall–Kier alpha value is -3.39. The van der Waals surface area contributed by atoms with Gasteiger partial charge in [0.2, 0.25) is 0 Å². The first-order chi connectivity index (χ1) is 14.0. The number of carbonyl (C=O) groups excluding carboxylic acids is 2. The molecular formula is C21H20N2O5S. The van der Waals surface area contributed by atoms with E-state index in [2.05, 4.69) is 4.98 Å². The fourth-order valence-electron chi connectivity index (χ4n) is 2.71. The molecule has 2 aromatic carbocycles. The number of hydrogen-bond donors (Lipinski definition) is 0. The van der Waals surface area contributed by atoms with Crippen molar-refractivity contribution in [2.75, 3.05) is 26.2 Å². The second-order valence-corrected chi connectivity index (χ2v) is 6.82. The van der Waals surface area contributed by atoms with Crippen molar-refractivity contribution in [2.24, 2.45) is 0 Å². The van der Waals surface area contributed by atoms with E-state index < -0.39 is 12.1 Å². The van der Waals surface area contributed by atoms with Gasteiger partial charge in [-0.3, -0.25) is 4.90 Å². The SMILES string of the molecule is COC(=O)N(C)c1ccccc1C(=O)OCc1csc(-c2ccccc2OC)n1. The van der Waals surface area contributed by atoms with Gasteiger partial charge >= 0.3 is 12.1 Å². The maximum Gasteiger partial charge on any atom is 0.413 e. The van der Waals surface area contributed by atoms with Crippen LogP contribution in [0.1, 0.15) is 16.1 Å². The molecule has 0 aliphatic heterocycles. The predicted molar refractivity (Wildman–Crippen MR) is 110 cm³/mol. The van der Waals surface area contributed by atoms with Gasteiger partial charge in [0.15, 0.2) is 0 Å². The zero-order valence-corrected chi connectivity index (χ0v) is 17.1. The summed E-state index contributed by atoms with van der Waals surface area (Å²) in [5.41, 5.74) is 2.17. The first-order valence-electron chi connectivity index (χ1n) is 8.70. The summed E-state index contributed by atoms with van der Waals surface area (Å²) in [5.74, 6) is 0.174. The van der Waals surface area contributed by atoms with Crippen LogP contribution in [0.4, 0.5) is 10.5 Å². The van der Waals surface area contributed by atoms with E-state index >= 15 is 0 Å². The van der Waals surface area contributed by atoms with E-state index in [1.807, 2.05) is 29.6 Å². The van der Waals surface area contributed by atoms with E-state index in [1.165, 1.54) is 30.4 Å². The summed E-state index contributed by atoms with van der Waals surface area (Å²) in [6.07, 6.45) is -0.578. The van der Waals surface area contributed by atoms with Crippen LogP contribution >= 0.6 is 11.3 Å². The molecule has 0 aliphatic carbocycles. The molecule has 29 heavy (non-hydrogen) atoms. The molecule has 150 valence electrons. The fraction of sp³-hybridized carbons (Fsp3) is 0.190. The second kappa shape index (κ2) is 9.20. The van der Waals surface area contributed by atoms with Gasteiger partial charge in [0, 0.05) is 12.4 Å². The van der Waals surface area contributed by atoms with Crippen molar-refractivity contribution < 1.29 is 23.8 Å². The number of rotatable bonds is 6. The number of methoxy groups -OCH3 is 2. The Morgan fingerprint density at radius 3 is 2.55 bits per heavy atom. The topological polar surface area (TPSA) is 78.0 Å². The number of carbonyl (C=O) groups is 2. The average Bonchev–Trinajstić information content (AvgIpc) is 3.25. The number of anilines is 1.